The van der Waals surface area contributed by atoms with E-state index in [-0.39, 0.29) is 36.8 Å². The van der Waals surface area contributed by atoms with Crippen LogP contribution in [0.4, 0.5) is 14.6 Å². The highest BCUT2D eigenvalue weighted by molar-refractivity contribution is 5.89. The van der Waals surface area contributed by atoms with Gasteiger partial charge in [0, 0.05) is 18.8 Å². The van der Waals surface area contributed by atoms with Gasteiger partial charge in [0.25, 0.3) is 5.92 Å². The quantitative estimate of drug-likeness (QED) is 0.837. The molecule has 6 nitrogen and oxygen atoms in total. The summed E-state index contributed by atoms with van der Waals surface area (Å²) in [5.74, 6) is -4.20. The van der Waals surface area contributed by atoms with Gasteiger partial charge in [-0.25, -0.2) is 18.6 Å². The molecule has 1 aliphatic heterocycles. The van der Waals surface area contributed by atoms with Crippen molar-refractivity contribution < 1.29 is 23.0 Å². The number of carbonyl (C=O) groups excluding carboxylic acids is 1. The van der Waals surface area contributed by atoms with E-state index in [0.29, 0.717) is 0 Å². The van der Waals surface area contributed by atoms with Crippen LogP contribution < -0.4 is 10.5 Å². The third-order valence-corrected chi connectivity index (χ3v) is 3.35. The van der Waals surface area contributed by atoms with Gasteiger partial charge in [0.15, 0.2) is 11.6 Å². The van der Waals surface area contributed by atoms with Gasteiger partial charge in [0.05, 0.1) is 31.7 Å². The lowest BCUT2D eigenvalue weighted by Gasteiger charge is -2.18. The number of anilines is 1. The van der Waals surface area contributed by atoms with Gasteiger partial charge in [0.2, 0.25) is 0 Å². The summed E-state index contributed by atoms with van der Waals surface area (Å²) in [5, 5.41) is 0. The number of hydrogen-bond acceptors (Lipinski definition) is 6. The highest BCUT2D eigenvalue weighted by Gasteiger charge is 2.47. The van der Waals surface area contributed by atoms with Crippen molar-refractivity contribution in [1.29, 1.82) is 0 Å². The van der Waals surface area contributed by atoms with Crippen LogP contribution >= 0.6 is 0 Å². The molecule has 0 aromatic carbocycles. The van der Waals surface area contributed by atoms with Crippen LogP contribution in [0.1, 0.15) is 10.4 Å². The van der Waals surface area contributed by atoms with Crippen molar-refractivity contribution in [3.8, 4) is 5.75 Å². The maximum Gasteiger partial charge on any atom is 0.339 e. The predicted octanol–water partition coefficient (Wildman–Crippen LogP) is 1.03. The highest BCUT2D eigenvalue weighted by atomic mass is 19.3. The van der Waals surface area contributed by atoms with E-state index in [0.717, 1.165) is 0 Å². The Labute approximate surface area is 120 Å². The number of methoxy groups -OCH3 is 1. The lowest BCUT2D eigenvalue weighted by Crippen LogP contribution is -2.31. The summed E-state index contributed by atoms with van der Waals surface area (Å²) in [6.07, 6.45) is 1.24. The molecule has 0 spiro atoms. The number of halogens is 2. The van der Waals surface area contributed by atoms with Gasteiger partial charge >= 0.3 is 5.97 Å². The lowest BCUT2D eigenvalue weighted by atomic mass is 10.1. The number of carbonyl (C=O) groups is 1. The first-order valence-electron chi connectivity index (χ1n) is 6.36. The number of esters is 1. The molecule has 21 heavy (non-hydrogen) atoms. The molecule has 1 aromatic heterocycles. The summed E-state index contributed by atoms with van der Waals surface area (Å²) in [6.45, 7) is -0.262. The zero-order valence-electron chi connectivity index (χ0n) is 11.8. The van der Waals surface area contributed by atoms with Gasteiger partial charge in [-0.15, -0.1) is 0 Å². The average molecular weight is 301 g/mol. The molecular formula is C13H17F2N3O3. The van der Waals surface area contributed by atoms with E-state index in [1.165, 1.54) is 19.4 Å². The van der Waals surface area contributed by atoms with E-state index in [1.807, 2.05) is 0 Å². The smallest absolute Gasteiger partial charge is 0.339 e. The van der Waals surface area contributed by atoms with Gasteiger partial charge in [-0.3, -0.25) is 4.90 Å². The summed E-state index contributed by atoms with van der Waals surface area (Å²) in [6, 6.07) is 1.34. The summed E-state index contributed by atoms with van der Waals surface area (Å²) in [5.41, 5.74) is 5.77. The van der Waals surface area contributed by atoms with E-state index in [9.17, 15) is 13.6 Å². The molecule has 0 bridgehead atoms. The van der Waals surface area contributed by atoms with E-state index >= 15 is 0 Å². The fourth-order valence-corrected chi connectivity index (χ4v) is 2.23. The van der Waals surface area contributed by atoms with Crippen LogP contribution in [0.5, 0.6) is 5.75 Å². The molecule has 1 saturated heterocycles. The van der Waals surface area contributed by atoms with E-state index in [2.05, 4.69) is 9.72 Å². The molecule has 1 aliphatic rings. The number of pyridine rings is 1. The van der Waals surface area contributed by atoms with Crippen molar-refractivity contribution in [1.82, 2.24) is 9.88 Å². The third-order valence-electron chi connectivity index (χ3n) is 3.35. The van der Waals surface area contributed by atoms with Crippen molar-refractivity contribution in [3.63, 3.8) is 0 Å². The molecule has 0 amide bonds. The molecule has 0 aliphatic carbocycles. The van der Waals surface area contributed by atoms with E-state index in [4.69, 9.17) is 10.5 Å². The summed E-state index contributed by atoms with van der Waals surface area (Å²) in [7, 11) is 2.86. The summed E-state index contributed by atoms with van der Waals surface area (Å²) in [4.78, 5) is 16.7. The zero-order chi connectivity index (χ0) is 15.6. The Morgan fingerprint density at radius 3 is 2.90 bits per heavy atom. The first-order valence-corrected chi connectivity index (χ1v) is 6.36. The number of nitrogen functional groups attached to an aromatic ring is 1. The van der Waals surface area contributed by atoms with Crippen LogP contribution in [0.2, 0.25) is 0 Å². The summed E-state index contributed by atoms with van der Waals surface area (Å²) >= 11 is 0. The standard InChI is InChI=1S/C13H17F2N3O3/c1-18-5-9(13(14,15)7-18)6-21-10-3-8(12(19)20-2)4-17-11(10)16/h3-4,9H,5-7H2,1-2H3,(H2,16,17). The van der Waals surface area contributed by atoms with Crippen LogP contribution in [0.3, 0.4) is 0 Å². The normalized spacial score (nSPS) is 21.2. The zero-order valence-corrected chi connectivity index (χ0v) is 11.8. The molecule has 2 rings (SSSR count). The number of nitrogens with zero attached hydrogens (tertiary/aromatic N) is 2. The molecule has 2 heterocycles. The number of aromatic nitrogens is 1. The minimum atomic E-state index is -2.81. The number of alkyl halides is 2. The maximum absolute atomic E-state index is 13.7. The number of hydrogen-bond donors (Lipinski definition) is 1. The van der Waals surface area contributed by atoms with Crippen LogP contribution in [0.15, 0.2) is 12.3 Å². The topological polar surface area (TPSA) is 77.7 Å². The van der Waals surface area contributed by atoms with Gasteiger partial charge in [-0.05, 0) is 7.05 Å². The van der Waals surface area contributed by atoms with Gasteiger partial charge < -0.3 is 15.2 Å². The fraction of sp³-hybridized carbons (Fsp3) is 0.538. The second-order valence-electron chi connectivity index (χ2n) is 5.06. The van der Waals surface area contributed by atoms with Crippen LogP contribution in [-0.2, 0) is 4.74 Å². The maximum atomic E-state index is 13.7. The minimum Gasteiger partial charge on any atom is -0.489 e. The number of rotatable bonds is 4. The molecule has 116 valence electrons. The molecule has 1 fully saturated rings. The largest absolute Gasteiger partial charge is 0.489 e. The summed E-state index contributed by atoms with van der Waals surface area (Å²) < 4.78 is 37.3. The molecule has 1 atom stereocenters. The Morgan fingerprint density at radius 1 is 1.62 bits per heavy atom. The predicted molar refractivity (Wildman–Crippen MR) is 71.4 cm³/mol. The molecule has 2 N–H and O–H groups in total. The second-order valence-corrected chi connectivity index (χ2v) is 5.06. The highest BCUT2D eigenvalue weighted by Crippen LogP contribution is 2.33. The first-order chi connectivity index (χ1) is 9.83. The number of likely N-dealkylation sites (tertiary alicyclic amines) is 1. The van der Waals surface area contributed by atoms with Gasteiger partial charge in [0.1, 0.15) is 0 Å². The van der Waals surface area contributed by atoms with Crippen LogP contribution in [0, 0.1) is 5.92 Å². The number of ether oxygens (including phenoxy) is 2. The van der Waals surface area contributed by atoms with Crippen molar-refractivity contribution in [3.05, 3.63) is 17.8 Å². The number of nitrogens with two attached hydrogens (primary N) is 1. The monoisotopic (exact) mass is 301 g/mol. The Balaban J connectivity index is 2.08. The average Bonchev–Trinajstić information content (AvgIpc) is 2.69. The molecule has 0 radical (unpaired) electrons. The Morgan fingerprint density at radius 2 is 2.33 bits per heavy atom. The minimum absolute atomic E-state index is 0.0392. The molecular weight excluding hydrogens is 284 g/mol. The van der Waals surface area contributed by atoms with Crippen molar-refractivity contribution >= 4 is 11.8 Å². The van der Waals surface area contributed by atoms with Gasteiger partial charge in [-0.2, -0.15) is 0 Å². The Bertz CT molecular complexity index is 539. The molecule has 0 saturated carbocycles. The van der Waals surface area contributed by atoms with E-state index in [1.54, 1.807) is 11.9 Å². The Hall–Kier alpha value is -1.96. The Kier molecular flexibility index (Phi) is 4.26. The SMILES string of the molecule is COC(=O)c1cnc(N)c(OCC2CN(C)CC2(F)F)c1. The van der Waals surface area contributed by atoms with Crippen molar-refractivity contribution in [2.75, 3.05) is 39.6 Å². The van der Waals surface area contributed by atoms with Crippen molar-refractivity contribution in [2.24, 2.45) is 5.92 Å². The lowest BCUT2D eigenvalue weighted by molar-refractivity contribution is -0.0391. The molecule has 8 heteroatoms. The second kappa shape index (κ2) is 5.80. The van der Waals surface area contributed by atoms with Crippen LogP contribution in [-0.4, -0.2) is 55.6 Å². The van der Waals surface area contributed by atoms with Gasteiger partial charge in [-0.1, -0.05) is 0 Å². The molecule has 1 aromatic rings. The first kappa shape index (κ1) is 15.4. The van der Waals surface area contributed by atoms with Crippen LogP contribution in [0.25, 0.3) is 0 Å². The van der Waals surface area contributed by atoms with Crippen molar-refractivity contribution in [2.45, 2.75) is 5.92 Å². The molecule has 1 unspecified atom stereocenters. The fourth-order valence-electron chi connectivity index (χ4n) is 2.23. The van der Waals surface area contributed by atoms with E-state index < -0.39 is 17.8 Å². The third kappa shape index (κ3) is 3.38.